The normalized spacial score (nSPS) is 27.0. The highest BCUT2D eigenvalue weighted by Crippen LogP contribution is 2.31. The summed E-state index contributed by atoms with van der Waals surface area (Å²) in [5.74, 6) is 0. The first-order valence-electron chi connectivity index (χ1n) is 8.27. The van der Waals surface area contributed by atoms with Gasteiger partial charge in [-0.25, -0.2) is 0 Å². The lowest BCUT2D eigenvalue weighted by Crippen LogP contribution is -2.46. The van der Waals surface area contributed by atoms with Gasteiger partial charge in [0.1, 0.15) is 0 Å². The van der Waals surface area contributed by atoms with Crippen LogP contribution in [0, 0.1) is 11.3 Å². The Hall–Kier alpha value is -1.37. The van der Waals surface area contributed by atoms with Gasteiger partial charge in [-0.05, 0) is 44.3 Å². The van der Waals surface area contributed by atoms with Gasteiger partial charge in [-0.1, -0.05) is 30.3 Å². The lowest BCUT2D eigenvalue weighted by molar-refractivity contribution is 0.130. The molecule has 0 bridgehead atoms. The summed E-state index contributed by atoms with van der Waals surface area (Å²) in [6, 6.07) is 14.5. The molecule has 0 spiro atoms. The Kier molecular flexibility index (Phi) is 4.90. The van der Waals surface area contributed by atoms with E-state index in [1.807, 2.05) is 0 Å². The van der Waals surface area contributed by atoms with Gasteiger partial charge in [0.05, 0.1) is 6.07 Å². The smallest absolute Gasteiger partial charge is 0.0635 e. The molecular formula is C18H25N3. The molecule has 0 saturated carbocycles. The lowest BCUT2D eigenvalue weighted by atomic mass is 10.0. The standard InChI is InChI=1S/C18H25N3/c19-11-6-14-20-12-4-9-17(20)18-10-5-13-21(18)15-16-7-2-1-3-8-16/h1-3,7-8,17-18H,4-6,9-10,12-15H2. The van der Waals surface area contributed by atoms with E-state index < -0.39 is 0 Å². The summed E-state index contributed by atoms with van der Waals surface area (Å²) >= 11 is 0. The highest BCUT2D eigenvalue weighted by atomic mass is 15.3. The molecule has 1 aromatic carbocycles. The van der Waals surface area contributed by atoms with Gasteiger partial charge in [-0.15, -0.1) is 0 Å². The molecule has 2 atom stereocenters. The van der Waals surface area contributed by atoms with E-state index in [1.54, 1.807) is 0 Å². The number of hydrogen-bond donors (Lipinski definition) is 0. The molecule has 0 aromatic heterocycles. The summed E-state index contributed by atoms with van der Waals surface area (Å²) in [6.45, 7) is 4.44. The topological polar surface area (TPSA) is 30.3 Å². The molecule has 1 aromatic rings. The molecule has 112 valence electrons. The van der Waals surface area contributed by atoms with E-state index in [0.717, 1.165) is 13.1 Å². The predicted octanol–water partition coefficient (Wildman–Crippen LogP) is 3.03. The molecule has 3 heteroatoms. The summed E-state index contributed by atoms with van der Waals surface area (Å²) in [6.07, 6.45) is 5.91. The first kappa shape index (κ1) is 14.6. The third-order valence-corrected chi connectivity index (χ3v) is 5.01. The molecule has 2 fully saturated rings. The van der Waals surface area contributed by atoms with Crippen molar-refractivity contribution in [2.75, 3.05) is 19.6 Å². The second-order valence-corrected chi connectivity index (χ2v) is 6.32. The minimum Gasteiger partial charge on any atom is -0.298 e. The van der Waals surface area contributed by atoms with Crippen LogP contribution in [-0.2, 0) is 6.54 Å². The summed E-state index contributed by atoms with van der Waals surface area (Å²) in [4.78, 5) is 5.24. The highest BCUT2D eigenvalue weighted by Gasteiger charge is 2.37. The SMILES string of the molecule is N#CCCN1CCCC1C1CCCN1Cc1ccccc1. The van der Waals surface area contributed by atoms with Crippen molar-refractivity contribution in [3.63, 3.8) is 0 Å². The molecule has 0 radical (unpaired) electrons. The second-order valence-electron chi connectivity index (χ2n) is 6.32. The van der Waals surface area contributed by atoms with Gasteiger partial charge < -0.3 is 0 Å². The third kappa shape index (κ3) is 3.45. The second kappa shape index (κ2) is 7.06. The first-order valence-corrected chi connectivity index (χ1v) is 8.27. The monoisotopic (exact) mass is 283 g/mol. The van der Waals surface area contributed by atoms with E-state index >= 15 is 0 Å². The lowest BCUT2D eigenvalue weighted by Gasteiger charge is -2.34. The molecule has 2 aliphatic rings. The average molecular weight is 283 g/mol. The fourth-order valence-corrected chi connectivity index (χ4v) is 4.06. The van der Waals surface area contributed by atoms with Crippen molar-refractivity contribution in [1.29, 1.82) is 5.26 Å². The zero-order valence-electron chi connectivity index (χ0n) is 12.7. The largest absolute Gasteiger partial charge is 0.298 e. The summed E-state index contributed by atoms with van der Waals surface area (Å²) in [7, 11) is 0. The molecule has 2 unspecified atom stereocenters. The van der Waals surface area contributed by atoms with Crippen molar-refractivity contribution in [1.82, 2.24) is 9.80 Å². The van der Waals surface area contributed by atoms with Crippen LogP contribution in [0.1, 0.15) is 37.7 Å². The Morgan fingerprint density at radius 2 is 1.67 bits per heavy atom. The Balaban J connectivity index is 1.64. The van der Waals surface area contributed by atoms with Crippen LogP contribution < -0.4 is 0 Å². The van der Waals surface area contributed by atoms with E-state index in [4.69, 9.17) is 5.26 Å². The van der Waals surface area contributed by atoms with Gasteiger partial charge in [-0.3, -0.25) is 9.80 Å². The summed E-state index contributed by atoms with van der Waals surface area (Å²) in [5.41, 5.74) is 1.42. The molecule has 0 amide bonds. The van der Waals surface area contributed by atoms with Crippen molar-refractivity contribution in [2.24, 2.45) is 0 Å². The number of benzene rings is 1. The predicted molar refractivity (Wildman–Crippen MR) is 84.7 cm³/mol. The molecule has 21 heavy (non-hydrogen) atoms. The van der Waals surface area contributed by atoms with Crippen molar-refractivity contribution in [3.05, 3.63) is 35.9 Å². The maximum absolute atomic E-state index is 8.84. The highest BCUT2D eigenvalue weighted by molar-refractivity contribution is 5.15. The van der Waals surface area contributed by atoms with E-state index in [-0.39, 0.29) is 0 Å². The van der Waals surface area contributed by atoms with Crippen LogP contribution in [0.2, 0.25) is 0 Å². The summed E-state index contributed by atoms with van der Waals surface area (Å²) in [5, 5.41) is 8.84. The summed E-state index contributed by atoms with van der Waals surface area (Å²) < 4.78 is 0. The fraction of sp³-hybridized carbons (Fsp3) is 0.611. The van der Waals surface area contributed by atoms with Gasteiger partial charge in [0, 0.05) is 31.6 Å². The third-order valence-electron chi connectivity index (χ3n) is 5.01. The quantitative estimate of drug-likeness (QED) is 0.832. The van der Waals surface area contributed by atoms with E-state index in [2.05, 4.69) is 46.2 Å². The Morgan fingerprint density at radius 3 is 2.38 bits per heavy atom. The molecule has 0 aliphatic carbocycles. The van der Waals surface area contributed by atoms with Crippen LogP contribution in [0.4, 0.5) is 0 Å². The van der Waals surface area contributed by atoms with Crippen LogP contribution >= 0.6 is 0 Å². The maximum atomic E-state index is 8.84. The van der Waals surface area contributed by atoms with Crippen molar-refractivity contribution in [2.45, 2.75) is 50.7 Å². The van der Waals surface area contributed by atoms with Crippen LogP contribution in [-0.4, -0.2) is 41.5 Å². The van der Waals surface area contributed by atoms with Gasteiger partial charge in [0.25, 0.3) is 0 Å². The van der Waals surface area contributed by atoms with Gasteiger partial charge >= 0.3 is 0 Å². The average Bonchev–Trinajstić information content (AvgIpc) is 3.14. The number of likely N-dealkylation sites (tertiary alicyclic amines) is 2. The van der Waals surface area contributed by atoms with Crippen LogP contribution in [0.3, 0.4) is 0 Å². The van der Waals surface area contributed by atoms with E-state index in [0.29, 0.717) is 18.5 Å². The molecule has 0 N–H and O–H groups in total. The molecule has 2 heterocycles. The molecule has 2 aliphatic heterocycles. The van der Waals surface area contributed by atoms with E-state index in [1.165, 1.54) is 44.3 Å². The number of rotatable bonds is 5. The minimum absolute atomic E-state index is 0.669. The van der Waals surface area contributed by atoms with Crippen molar-refractivity contribution < 1.29 is 0 Å². The van der Waals surface area contributed by atoms with Gasteiger partial charge in [-0.2, -0.15) is 5.26 Å². The molecular weight excluding hydrogens is 258 g/mol. The number of hydrogen-bond acceptors (Lipinski definition) is 3. The van der Waals surface area contributed by atoms with Crippen LogP contribution in [0.5, 0.6) is 0 Å². The number of nitriles is 1. The van der Waals surface area contributed by atoms with Crippen molar-refractivity contribution in [3.8, 4) is 6.07 Å². The Bertz CT molecular complexity index is 479. The van der Waals surface area contributed by atoms with Crippen LogP contribution in [0.15, 0.2) is 30.3 Å². The van der Waals surface area contributed by atoms with Gasteiger partial charge in [0.15, 0.2) is 0 Å². The van der Waals surface area contributed by atoms with E-state index in [9.17, 15) is 0 Å². The van der Waals surface area contributed by atoms with Crippen molar-refractivity contribution >= 4 is 0 Å². The number of nitrogens with zero attached hydrogens (tertiary/aromatic N) is 3. The maximum Gasteiger partial charge on any atom is 0.0635 e. The first-order chi connectivity index (χ1) is 10.4. The molecule has 3 rings (SSSR count). The molecule has 2 saturated heterocycles. The Morgan fingerprint density at radius 1 is 1.00 bits per heavy atom. The minimum atomic E-state index is 0.669. The fourth-order valence-electron chi connectivity index (χ4n) is 4.06. The Labute approximate surface area is 128 Å². The zero-order valence-corrected chi connectivity index (χ0v) is 12.7. The molecule has 3 nitrogen and oxygen atoms in total. The van der Waals surface area contributed by atoms with Gasteiger partial charge in [0.2, 0.25) is 0 Å². The van der Waals surface area contributed by atoms with Crippen LogP contribution in [0.25, 0.3) is 0 Å². The zero-order chi connectivity index (χ0) is 14.5.